The summed E-state index contributed by atoms with van der Waals surface area (Å²) >= 11 is 0. The van der Waals surface area contributed by atoms with Gasteiger partial charge in [0.1, 0.15) is 6.04 Å². The SMILES string of the molecule is CC[C@@H](O)c1ccc(N2CCOCC2C(=O)NC)cn1. The molecule has 0 aliphatic carbocycles. The zero-order chi connectivity index (χ0) is 14.5. The van der Waals surface area contributed by atoms with E-state index in [-0.39, 0.29) is 11.9 Å². The molecule has 0 bridgehead atoms. The standard InChI is InChI=1S/C14H21N3O3/c1-3-13(18)11-5-4-10(8-16-11)17-6-7-20-9-12(17)14(19)15-2/h4-5,8,12-13,18H,3,6-7,9H2,1-2H3,(H,15,19)/t12?,13-/m1/s1. The van der Waals surface area contributed by atoms with E-state index >= 15 is 0 Å². The number of rotatable bonds is 4. The van der Waals surface area contributed by atoms with Crippen LogP contribution in [0.5, 0.6) is 0 Å². The quantitative estimate of drug-likeness (QED) is 0.838. The van der Waals surface area contributed by atoms with Crippen LogP contribution in [0.25, 0.3) is 0 Å². The molecule has 1 aromatic heterocycles. The number of nitrogens with one attached hydrogen (secondary N) is 1. The van der Waals surface area contributed by atoms with Crippen molar-refractivity contribution >= 4 is 11.6 Å². The molecule has 2 atom stereocenters. The average molecular weight is 279 g/mol. The zero-order valence-electron chi connectivity index (χ0n) is 11.9. The Balaban J connectivity index is 2.17. The van der Waals surface area contributed by atoms with Gasteiger partial charge >= 0.3 is 0 Å². The number of hydrogen-bond acceptors (Lipinski definition) is 5. The highest BCUT2D eigenvalue weighted by molar-refractivity contribution is 5.85. The summed E-state index contributed by atoms with van der Waals surface area (Å²) in [6.45, 7) is 3.52. The van der Waals surface area contributed by atoms with Crippen molar-refractivity contribution in [3.63, 3.8) is 0 Å². The third-order valence-corrected chi connectivity index (χ3v) is 3.51. The number of amides is 1. The largest absolute Gasteiger partial charge is 0.387 e. The Labute approximate surface area is 118 Å². The van der Waals surface area contributed by atoms with Crippen molar-refractivity contribution in [1.82, 2.24) is 10.3 Å². The first-order chi connectivity index (χ1) is 9.67. The molecule has 0 spiro atoms. The number of likely N-dealkylation sites (N-methyl/N-ethyl adjacent to an activating group) is 1. The molecule has 6 nitrogen and oxygen atoms in total. The third-order valence-electron chi connectivity index (χ3n) is 3.51. The first-order valence-electron chi connectivity index (χ1n) is 6.87. The van der Waals surface area contributed by atoms with Crippen molar-refractivity contribution in [2.24, 2.45) is 0 Å². The molecule has 2 heterocycles. The monoisotopic (exact) mass is 279 g/mol. The molecule has 1 aliphatic heterocycles. The van der Waals surface area contributed by atoms with Crippen LogP contribution in [0.1, 0.15) is 25.1 Å². The van der Waals surface area contributed by atoms with Gasteiger partial charge in [-0.15, -0.1) is 0 Å². The molecule has 1 unspecified atom stereocenters. The van der Waals surface area contributed by atoms with Gasteiger partial charge in [-0.25, -0.2) is 0 Å². The molecule has 0 aromatic carbocycles. The molecule has 0 radical (unpaired) electrons. The van der Waals surface area contributed by atoms with Gasteiger partial charge in [0.25, 0.3) is 0 Å². The molecule has 0 saturated carbocycles. The number of morpholine rings is 1. The van der Waals surface area contributed by atoms with Gasteiger partial charge in [-0.2, -0.15) is 0 Å². The van der Waals surface area contributed by atoms with E-state index in [2.05, 4.69) is 10.3 Å². The van der Waals surface area contributed by atoms with Crippen LogP contribution in [0.2, 0.25) is 0 Å². The van der Waals surface area contributed by atoms with Gasteiger partial charge in [-0.3, -0.25) is 9.78 Å². The number of carbonyl (C=O) groups is 1. The van der Waals surface area contributed by atoms with E-state index in [0.29, 0.717) is 31.9 Å². The summed E-state index contributed by atoms with van der Waals surface area (Å²) in [4.78, 5) is 18.1. The lowest BCUT2D eigenvalue weighted by atomic mass is 10.1. The number of pyridine rings is 1. The summed E-state index contributed by atoms with van der Waals surface area (Å²) in [6.07, 6.45) is 1.80. The number of ether oxygens (including phenoxy) is 1. The summed E-state index contributed by atoms with van der Waals surface area (Å²) in [7, 11) is 1.62. The lowest BCUT2D eigenvalue weighted by Gasteiger charge is -2.35. The van der Waals surface area contributed by atoms with Crippen molar-refractivity contribution in [2.45, 2.75) is 25.5 Å². The maximum Gasteiger partial charge on any atom is 0.244 e. The second-order valence-corrected chi connectivity index (χ2v) is 4.76. The van der Waals surface area contributed by atoms with Gasteiger partial charge < -0.3 is 20.1 Å². The molecule has 110 valence electrons. The maximum absolute atomic E-state index is 11.9. The predicted molar refractivity (Wildman–Crippen MR) is 75.5 cm³/mol. The Morgan fingerprint density at radius 3 is 3.05 bits per heavy atom. The molecule has 1 aromatic rings. The Morgan fingerprint density at radius 2 is 2.45 bits per heavy atom. The smallest absolute Gasteiger partial charge is 0.244 e. The number of anilines is 1. The number of carbonyl (C=O) groups excluding carboxylic acids is 1. The van der Waals surface area contributed by atoms with Gasteiger partial charge in [-0.1, -0.05) is 6.92 Å². The minimum atomic E-state index is -0.538. The molecular formula is C14H21N3O3. The van der Waals surface area contributed by atoms with E-state index in [1.807, 2.05) is 17.9 Å². The Bertz CT molecular complexity index is 449. The summed E-state index contributed by atoms with van der Waals surface area (Å²) in [6, 6.07) is 3.36. The molecule has 1 amide bonds. The number of aromatic nitrogens is 1. The van der Waals surface area contributed by atoms with E-state index in [1.54, 1.807) is 19.3 Å². The molecule has 1 saturated heterocycles. The van der Waals surface area contributed by atoms with Gasteiger partial charge in [0, 0.05) is 13.6 Å². The van der Waals surface area contributed by atoms with Crippen molar-refractivity contribution in [3.05, 3.63) is 24.0 Å². The minimum Gasteiger partial charge on any atom is -0.387 e. The number of aliphatic hydroxyl groups excluding tert-OH is 1. The van der Waals surface area contributed by atoms with E-state index in [1.165, 1.54) is 0 Å². The molecule has 2 rings (SSSR count). The number of nitrogens with zero attached hydrogens (tertiary/aromatic N) is 2. The van der Waals surface area contributed by atoms with Crippen LogP contribution in [0.3, 0.4) is 0 Å². The summed E-state index contributed by atoms with van der Waals surface area (Å²) < 4.78 is 5.37. The molecule has 2 N–H and O–H groups in total. The van der Waals surface area contributed by atoms with Gasteiger partial charge in [0.05, 0.1) is 36.9 Å². The normalized spacial score (nSPS) is 20.6. The highest BCUT2D eigenvalue weighted by Gasteiger charge is 2.29. The summed E-state index contributed by atoms with van der Waals surface area (Å²) in [5.74, 6) is -0.0673. The van der Waals surface area contributed by atoms with Gasteiger partial charge in [0.2, 0.25) is 5.91 Å². The molecular weight excluding hydrogens is 258 g/mol. The zero-order valence-corrected chi connectivity index (χ0v) is 11.9. The van der Waals surface area contributed by atoms with Gasteiger partial charge in [-0.05, 0) is 18.6 Å². The highest BCUT2D eigenvalue weighted by atomic mass is 16.5. The lowest BCUT2D eigenvalue weighted by molar-refractivity contribution is -0.124. The fourth-order valence-electron chi connectivity index (χ4n) is 2.27. The van der Waals surface area contributed by atoms with Crippen LogP contribution >= 0.6 is 0 Å². The molecule has 1 fully saturated rings. The van der Waals surface area contributed by atoms with Crippen LogP contribution in [0, 0.1) is 0 Å². The summed E-state index contributed by atoms with van der Waals surface area (Å²) in [5.41, 5.74) is 1.52. The first kappa shape index (κ1) is 14.7. The van der Waals surface area contributed by atoms with Crippen LogP contribution in [-0.4, -0.2) is 48.8 Å². The fourth-order valence-corrected chi connectivity index (χ4v) is 2.27. The van der Waals surface area contributed by atoms with Crippen molar-refractivity contribution < 1.29 is 14.6 Å². The van der Waals surface area contributed by atoms with Crippen LogP contribution in [0.4, 0.5) is 5.69 Å². The minimum absolute atomic E-state index is 0.0673. The molecule has 6 heteroatoms. The maximum atomic E-state index is 11.9. The second kappa shape index (κ2) is 6.67. The molecule has 20 heavy (non-hydrogen) atoms. The van der Waals surface area contributed by atoms with E-state index < -0.39 is 6.10 Å². The topological polar surface area (TPSA) is 74.7 Å². The van der Waals surface area contributed by atoms with Crippen LogP contribution < -0.4 is 10.2 Å². The van der Waals surface area contributed by atoms with Crippen molar-refractivity contribution in [2.75, 3.05) is 31.7 Å². The Morgan fingerprint density at radius 1 is 1.65 bits per heavy atom. The first-order valence-corrected chi connectivity index (χ1v) is 6.87. The van der Waals surface area contributed by atoms with Crippen molar-refractivity contribution in [1.29, 1.82) is 0 Å². The third kappa shape index (κ3) is 3.08. The van der Waals surface area contributed by atoms with E-state index in [9.17, 15) is 9.90 Å². The van der Waals surface area contributed by atoms with Crippen LogP contribution in [0.15, 0.2) is 18.3 Å². The van der Waals surface area contributed by atoms with Crippen LogP contribution in [-0.2, 0) is 9.53 Å². The summed E-state index contributed by atoms with van der Waals surface area (Å²) in [5, 5.41) is 12.4. The van der Waals surface area contributed by atoms with E-state index in [0.717, 1.165) is 5.69 Å². The highest BCUT2D eigenvalue weighted by Crippen LogP contribution is 2.21. The molecule has 1 aliphatic rings. The van der Waals surface area contributed by atoms with Gasteiger partial charge in [0.15, 0.2) is 0 Å². The van der Waals surface area contributed by atoms with E-state index in [4.69, 9.17) is 4.74 Å². The lowest BCUT2D eigenvalue weighted by Crippen LogP contribution is -2.53. The Hall–Kier alpha value is -1.66. The number of aliphatic hydroxyl groups is 1. The average Bonchev–Trinajstić information content (AvgIpc) is 2.53. The Kier molecular flexibility index (Phi) is 4.92. The number of hydrogen-bond donors (Lipinski definition) is 2. The predicted octanol–water partition coefficient (Wildman–Crippen LogP) is 0.476. The second-order valence-electron chi connectivity index (χ2n) is 4.76. The van der Waals surface area contributed by atoms with Crippen molar-refractivity contribution in [3.8, 4) is 0 Å². The fraction of sp³-hybridized carbons (Fsp3) is 0.571.